The maximum atomic E-state index is 12.6. The molecule has 0 saturated heterocycles. The summed E-state index contributed by atoms with van der Waals surface area (Å²) in [4.78, 5) is 12.6. The van der Waals surface area contributed by atoms with E-state index in [1.807, 2.05) is 35.0 Å². The summed E-state index contributed by atoms with van der Waals surface area (Å²) in [6.07, 6.45) is 4.08. The van der Waals surface area contributed by atoms with Crippen LogP contribution >= 0.6 is 23.2 Å². The van der Waals surface area contributed by atoms with E-state index < -0.39 is 0 Å². The molecule has 0 saturated carbocycles. The summed E-state index contributed by atoms with van der Waals surface area (Å²) in [5, 5.41) is 3.76. The normalized spacial score (nSPS) is 12.7. The van der Waals surface area contributed by atoms with Gasteiger partial charge in [-0.25, -0.2) is 9.13 Å². The highest BCUT2D eigenvalue weighted by Gasteiger charge is 2.29. The summed E-state index contributed by atoms with van der Waals surface area (Å²) in [5.41, 5.74) is 2.84. The van der Waals surface area contributed by atoms with Gasteiger partial charge in [-0.15, -0.1) is 0 Å². The van der Waals surface area contributed by atoms with E-state index in [0.29, 0.717) is 15.7 Å². The van der Waals surface area contributed by atoms with Gasteiger partial charge in [0.1, 0.15) is 11.9 Å². The number of imidazole rings is 1. The Morgan fingerprint density at radius 1 is 1.18 bits per heavy atom. The molecule has 1 aliphatic rings. The second-order valence-electron chi connectivity index (χ2n) is 6.72. The van der Waals surface area contributed by atoms with Crippen molar-refractivity contribution in [3.8, 4) is 17.0 Å². The second kappa shape index (κ2) is 7.86. The van der Waals surface area contributed by atoms with E-state index in [-0.39, 0.29) is 12.5 Å². The summed E-state index contributed by atoms with van der Waals surface area (Å²) >= 11 is 12.0. The predicted octanol–water partition coefficient (Wildman–Crippen LogP) is 4.34. The predicted molar refractivity (Wildman–Crippen MR) is 110 cm³/mol. The van der Waals surface area contributed by atoms with Crippen LogP contribution in [0.2, 0.25) is 10.0 Å². The van der Waals surface area contributed by atoms with Crippen molar-refractivity contribution in [2.24, 2.45) is 0 Å². The highest BCUT2D eigenvalue weighted by atomic mass is 35.5. The van der Waals surface area contributed by atoms with Crippen LogP contribution in [0.4, 0.5) is 5.69 Å². The summed E-state index contributed by atoms with van der Waals surface area (Å²) < 4.78 is 9.56. The van der Waals surface area contributed by atoms with Crippen LogP contribution in [0.25, 0.3) is 11.3 Å². The van der Waals surface area contributed by atoms with Crippen LogP contribution in [0.15, 0.2) is 48.7 Å². The maximum Gasteiger partial charge on any atom is 0.266 e. The molecule has 28 heavy (non-hydrogen) atoms. The standard InChI is InChI=1S/C21H19Cl2N3O2/c1-28-16-7-4-14(5-8-16)19-12-25(21-3-2-10-26(19)21)13-20(27)24-15-6-9-17(22)18(23)11-15/h4-9,11-12H,2-3,10,13H2,1H3/p+1. The number of halogens is 2. The van der Waals surface area contributed by atoms with Gasteiger partial charge in [0.15, 0.2) is 12.2 Å². The third-order valence-electron chi connectivity index (χ3n) is 4.90. The first-order valence-corrected chi connectivity index (χ1v) is 9.82. The molecule has 2 heterocycles. The van der Waals surface area contributed by atoms with Gasteiger partial charge >= 0.3 is 0 Å². The van der Waals surface area contributed by atoms with Gasteiger partial charge < -0.3 is 10.1 Å². The highest BCUT2D eigenvalue weighted by molar-refractivity contribution is 6.42. The molecule has 0 radical (unpaired) electrons. The van der Waals surface area contributed by atoms with Crippen molar-refractivity contribution < 1.29 is 14.1 Å². The average molecular weight is 417 g/mol. The number of amides is 1. The minimum Gasteiger partial charge on any atom is -0.497 e. The Kier molecular flexibility index (Phi) is 5.29. The summed E-state index contributed by atoms with van der Waals surface area (Å²) in [6.45, 7) is 1.20. The van der Waals surface area contributed by atoms with Gasteiger partial charge in [0.05, 0.1) is 30.1 Å². The molecule has 0 fully saturated rings. The van der Waals surface area contributed by atoms with Crippen LogP contribution in [0.3, 0.4) is 0 Å². The Morgan fingerprint density at radius 3 is 2.68 bits per heavy atom. The Bertz CT molecular complexity index is 1030. The van der Waals surface area contributed by atoms with Crippen molar-refractivity contribution in [3.05, 3.63) is 64.5 Å². The first kappa shape index (κ1) is 18.8. The molecule has 5 nitrogen and oxygen atoms in total. The molecule has 4 rings (SSSR count). The summed E-state index contributed by atoms with van der Waals surface area (Å²) in [7, 11) is 1.66. The molecule has 1 N–H and O–H groups in total. The van der Waals surface area contributed by atoms with Crippen LogP contribution in [0, 0.1) is 0 Å². The van der Waals surface area contributed by atoms with Crippen molar-refractivity contribution in [1.82, 2.24) is 4.57 Å². The molecule has 0 unspecified atom stereocenters. The number of hydrogen-bond donors (Lipinski definition) is 1. The number of methoxy groups -OCH3 is 1. The molecular weight excluding hydrogens is 397 g/mol. The van der Waals surface area contributed by atoms with Crippen molar-refractivity contribution in [1.29, 1.82) is 0 Å². The fraction of sp³-hybridized carbons (Fsp3) is 0.238. The molecule has 0 spiro atoms. The van der Waals surface area contributed by atoms with Crippen LogP contribution < -0.4 is 14.6 Å². The zero-order chi connectivity index (χ0) is 19.7. The molecule has 0 bridgehead atoms. The van der Waals surface area contributed by atoms with E-state index in [2.05, 4.69) is 9.88 Å². The van der Waals surface area contributed by atoms with Crippen molar-refractivity contribution in [2.45, 2.75) is 25.9 Å². The van der Waals surface area contributed by atoms with E-state index in [9.17, 15) is 4.79 Å². The smallest absolute Gasteiger partial charge is 0.266 e. The number of anilines is 1. The van der Waals surface area contributed by atoms with E-state index in [1.165, 1.54) is 0 Å². The van der Waals surface area contributed by atoms with Gasteiger partial charge in [-0.05, 0) is 48.9 Å². The number of aromatic nitrogens is 2. The number of nitrogens with one attached hydrogen (secondary N) is 1. The van der Waals surface area contributed by atoms with E-state index >= 15 is 0 Å². The highest BCUT2D eigenvalue weighted by Crippen LogP contribution is 2.27. The molecular formula is C21H20Cl2N3O2+. The lowest BCUT2D eigenvalue weighted by Gasteiger charge is -2.05. The Morgan fingerprint density at radius 2 is 1.96 bits per heavy atom. The monoisotopic (exact) mass is 416 g/mol. The topological polar surface area (TPSA) is 47.1 Å². The third-order valence-corrected chi connectivity index (χ3v) is 5.64. The number of rotatable bonds is 5. The first-order valence-electron chi connectivity index (χ1n) is 9.06. The molecule has 3 aromatic rings. The molecule has 0 aliphatic carbocycles. The van der Waals surface area contributed by atoms with Gasteiger partial charge in [0.2, 0.25) is 0 Å². The molecule has 0 atom stereocenters. The van der Waals surface area contributed by atoms with E-state index in [0.717, 1.165) is 42.2 Å². The lowest BCUT2D eigenvalue weighted by Crippen LogP contribution is -2.42. The number of nitrogens with zero attached hydrogens (tertiary/aromatic N) is 2. The van der Waals surface area contributed by atoms with Crippen LogP contribution in [0.1, 0.15) is 12.2 Å². The zero-order valence-corrected chi connectivity index (χ0v) is 16.9. The van der Waals surface area contributed by atoms with Gasteiger partial charge in [0, 0.05) is 11.3 Å². The molecule has 1 aliphatic heterocycles. The van der Waals surface area contributed by atoms with Crippen LogP contribution in [-0.4, -0.2) is 17.6 Å². The number of carbonyl (C=O) groups excluding carboxylic acids is 1. The van der Waals surface area contributed by atoms with Gasteiger partial charge in [-0.1, -0.05) is 23.2 Å². The first-order chi connectivity index (χ1) is 13.5. The molecule has 144 valence electrons. The number of carbonyl (C=O) groups is 1. The zero-order valence-electron chi connectivity index (χ0n) is 15.4. The number of fused-ring (bicyclic) bond motifs is 1. The fourth-order valence-corrected chi connectivity index (χ4v) is 3.87. The van der Waals surface area contributed by atoms with Gasteiger partial charge in [-0.3, -0.25) is 4.79 Å². The SMILES string of the molecule is COc1ccc(-c2c[n+](CC(=O)Nc3ccc(Cl)c(Cl)c3)c3n2CCC3)cc1. The van der Waals surface area contributed by atoms with Gasteiger partial charge in [-0.2, -0.15) is 0 Å². The summed E-state index contributed by atoms with van der Waals surface area (Å²) in [5.74, 6) is 1.88. The second-order valence-corrected chi connectivity index (χ2v) is 7.53. The summed E-state index contributed by atoms with van der Waals surface area (Å²) in [6, 6.07) is 13.0. The number of hydrogen-bond acceptors (Lipinski definition) is 2. The Hall–Kier alpha value is -2.50. The third kappa shape index (κ3) is 3.73. The largest absolute Gasteiger partial charge is 0.497 e. The average Bonchev–Trinajstić information content (AvgIpc) is 3.29. The van der Waals surface area contributed by atoms with Crippen LogP contribution in [-0.2, 0) is 24.3 Å². The molecule has 7 heteroatoms. The fourth-order valence-electron chi connectivity index (χ4n) is 3.57. The van der Waals surface area contributed by atoms with Crippen molar-refractivity contribution >= 4 is 34.8 Å². The van der Waals surface area contributed by atoms with Crippen molar-refractivity contribution in [3.63, 3.8) is 0 Å². The van der Waals surface area contributed by atoms with Crippen LogP contribution in [0.5, 0.6) is 5.75 Å². The number of ether oxygens (including phenoxy) is 1. The van der Waals surface area contributed by atoms with E-state index in [1.54, 1.807) is 25.3 Å². The molecule has 2 aromatic carbocycles. The Labute approximate surface area is 173 Å². The van der Waals surface area contributed by atoms with Crippen molar-refractivity contribution in [2.75, 3.05) is 12.4 Å². The Balaban J connectivity index is 1.56. The maximum absolute atomic E-state index is 12.6. The van der Waals surface area contributed by atoms with E-state index in [4.69, 9.17) is 27.9 Å². The molecule has 1 amide bonds. The minimum absolute atomic E-state index is 0.107. The quantitative estimate of drug-likeness (QED) is 0.628. The molecule has 1 aromatic heterocycles. The lowest BCUT2D eigenvalue weighted by molar-refractivity contribution is -0.690. The minimum atomic E-state index is -0.107. The number of benzene rings is 2. The lowest BCUT2D eigenvalue weighted by atomic mass is 10.1. The van der Waals surface area contributed by atoms with Gasteiger partial charge in [0.25, 0.3) is 11.7 Å².